The summed E-state index contributed by atoms with van der Waals surface area (Å²) in [7, 11) is -4.87. The molecular formula is C11H6N2Na2O9S2. The number of rotatable bonds is 5. The first-order chi connectivity index (χ1) is 11.2. The molecule has 4 amide bonds. The Morgan fingerprint density at radius 1 is 1.04 bits per heavy atom. The molecule has 1 fully saturated rings. The summed E-state index contributed by atoms with van der Waals surface area (Å²) in [5.74, 6) is -2.01. The average molecular weight is 420 g/mol. The minimum Gasteiger partial charge on any atom is -0.744 e. The van der Waals surface area contributed by atoms with E-state index in [9.17, 15) is 32.6 Å². The van der Waals surface area contributed by atoms with Crippen molar-refractivity contribution in [1.82, 2.24) is 10.6 Å². The van der Waals surface area contributed by atoms with Gasteiger partial charge >= 0.3 is 65.1 Å². The number of hydrogen-bond acceptors (Lipinski definition) is 10. The van der Waals surface area contributed by atoms with E-state index in [4.69, 9.17) is 0 Å². The predicted molar refractivity (Wildman–Crippen MR) is 72.1 cm³/mol. The second-order valence-corrected chi connectivity index (χ2v) is 6.36. The first kappa shape index (κ1) is 25.7. The van der Waals surface area contributed by atoms with E-state index in [1.807, 2.05) is 10.6 Å². The topological polar surface area (TPSA) is 174 Å². The Balaban J connectivity index is 0.00000312. The van der Waals surface area contributed by atoms with E-state index in [0.717, 1.165) is 18.2 Å². The van der Waals surface area contributed by atoms with Gasteiger partial charge in [-0.25, -0.2) is 13.2 Å². The van der Waals surface area contributed by atoms with Gasteiger partial charge in [-0.05, 0) is 29.8 Å². The molecule has 0 bridgehead atoms. The summed E-state index contributed by atoms with van der Waals surface area (Å²) in [6.07, 6.45) is 0.952. The van der Waals surface area contributed by atoms with Crippen molar-refractivity contribution in [3.8, 4) is 0 Å². The molecule has 0 aliphatic carbocycles. The first-order valence-corrected chi connectivity index (χ1v) is 7.98. The van der Waals surface area contributed by atoms with Crippen molar-refractivity contribution in [2.45, 2.75) is 9.79 Å². The van der Waals surface area contributed by atoms with Crippen LogP contribution in [0.1, 0.15) is 5.56 Å². The molecule has 0 aromatic heterocycles. The monoisotopic (exact) mass is 420 g/mol. The largest absolute Gasteiger partial charge is 1.00 e. The molecule has 0 radical (unpaired) electrons. The Labute approximate surface area is 195 Å². The van der Waals surface area contributed by atoms with Crippen molar-refractivity contribution in [3.63, 3.8) is 0 Å². The van der Waals surface area contributed by atoms with Gasteiger partial charge in [-0.15, -0.1) is 0 Å². The van der Waals surface area contributed by atoms with E-state index in [0.29, 0.717) is 12.0 Å². The van der Waals surface area contributed by atoms with E-state index in [1.54, 1.807) is 0 Å². The molecule has 0 atom stereocenters. The summed E-state index contributed by atoms with van der Waals surface area (Å²) < 4.78 is 37.5. The zero-order valence-corrected chi connectivity index (χ0v) is 18.9. The molecule has 15 heteroatoms. The van der Waals surface area contributed by atoms with Crippen LogP contribution in [-0.2, 0) is 29.1 Å². The van der Waals surface area contributed by atoms with E-state index in [2.05, 4.69) is 9.37 Å². The molecule has 1 aliphatic heterocycles. The van der Waals surface area contributed by atoms with Crippen LogP contribution in [0, 0.1) is 0 Å². The second kappa shape index (κ2) is 10.9. The first-order valence-electron chi connectivity index (χ1n) is 5.83. The third-order valence-corrected chi connectivity index (χ3v) is 3.97. The summed E-state index contributed by atoms with van der Waals surface area (Å²) in [5.41, 5.74) is -0.537. The Hall–Kier alpha value is -0.290. The molecule has 0 unspecified atom stereocenters. The van der Waals surface area contributed by atoms with Gasteiger partial charge in [0, 0.05) is 4.90 Å². The van der Waals surface area contributed by atoms with Crippen LogP contribution in [0.2, 0.25) is 0 Å². The van der Waals surface area contributed by atoms with Gasteiger partial charge in [0.2, 0.25) is 0 Å². The number of barbiturate groups is 1. The van der Waals surface area contributed by atoms with Crippen LogP contribution >= 0.6 is 12.0 Å². The van der Waals surface area contributed by atoms with Gasteiger partial charge in [0.05, 0.1) is 16.9 Å². The number of benzene rings is 1. The molecule has 2 rings (SSSR count). The van der Waals surface area contributed by atoms with Gasteiger partial charge in [-0.2, -0.15) is 4.33 Å². The van der Waals surface area contributed by atoms with E-state index < -0.39 is 38.4 Å². The van der Waals surface area contributed by atoms with Crippen molar-refractivity contribution in [3.05, 3.63) is 29.3 Å². The van der Waals surface area contributed by atoms with Crippen molar-refractivity contribution < 1.29 is 101 Å². The van der Waals surface area contributed by atoms with Crippen LogP contribution < -0.4 is 75.0 Å². The van der Waals surface area contributed by atoms with E-state index >= 15 is 0 Å². The molecule has 1 saturated heterocycles. The molecule has 1 aromatic carbocycles. The molecular weight excluding hydrogens is 414 g/mol. The van der Waals surface area contributed by atoms with Crippen molar-refractivity contribution in [2.24, 2.45) is 0 Å². The normalized spacial score (nSPS) is 13.9. The Bertz CT molecular complexity index is 835. The predicted octanol–water partition coefficient (Wildman–Crippen LogP) is -7.42. The van der Waals surface area contributed by atoms with Crippen molar-refractivity contribution in [1.29, 1.82) is 0 Å². The Morgan fingerprint density at radius 2 is 1.62 bits per heavy atom. The Morgan fingerprint density at radius 3 is 2.12 bits per heavy atom. The van der Waals surface area contributed by atoms with Gasteiger partial charge in [0.1, 0.15) is 15.7 Å². The molecule has 11 nitrogen and oxygen atoms in total. The molecule has 2 N–H and O–H groups in total. The van der Waals surface area contributed by atoms with Gasteiger partial charge in [0.25, 0.3) is 11.8 Å². The van der Waals surface area contributed by atoms with E-state index in [-0.39, 0.29) is 69.6 Å². The van der Waals surface area contributed by atoms with Crippen molar-refractivity contribution in [2.75, 3.05) is 0 Å². The zero-order valence-electron chi connectivity index (χ0n) is 13.3. The number of hydrogen-bond donors (Lipinski definition) is 2. The third kappa shape index (κ3) is 7.03. The smallest absolute Gasteiger partial charge is 0.744 e. The minimum absolute atomic E-state index is 0. The average Bonchev–Trinajstić information content (AvgIpc) is 2.47. The molecule has 1 aromatic rings. The maximum atomic E-state index is 11.6. The van der Waals surface area contributed by atoms with E-state index in [1.165, 1.54) is 6.07 Å². The molecule has 26 heavy (non-hydrogen) atoms. The summed E-state index contributed by atoms with van der Waals surface area (Å²) >= 11 is 0.306. The van der Waals surface area contributed by atoms with Crippen LogP contribution in [-0.4, -0.2) is 30.8 Å². The van der Waals surface area contributed by atoms with Crippen molar-refractivity contribution >= 4 is 46.1 Å². The number of carbonyl (C=O) groups is 3. The van der Waals surface area contributed by atoms with Crippen LogP contribution in [0.25, 0.3) is 6.08 Å². The van der Waals surface area contributed by atoms with Gasteiger partial charge in [-0.1, -0.05) is 0 Å². The number of nitrogens with one attached hydrogen (secondary N) is 2. The maximum absolute atomic E-state index is 11.6. The van der Waals surface area contributed by atoms with Crippen LogP contribution in [0.3, 0.4) is 0 Å². The zero-order chi connectivity index (χ0) is 17.9. The standard InChI is InChI=1S/C11H8N2O9S2.2Na/c14-9-8(10(15)13-11(16)12-9)3-5-1-6(23-22-21-17)4-7(2-5)24(18,19)20;;/h1-4,17H,(H,18,19,20)(H2,12,13,14,15,16);;/q;2*+1/p-2. The minimum atomic E-state index is -4.87. The van der Waals surface area contributed by atoms with Crippen LogP contribution in [0.5, 0.6) is 0 Å². The maximum Gasteiger partial charge on any atom is 1.00 e. The quantitative estimate of drug-likeness (QED) is 0.0886. The molecule has 0 saturated carbocycles. The number of urea groups is 1. The van der Waals surface area contributed by atoms with Crippen LogP contribution in [0.15, 0.2) is 33.6 Å². The fourth-order valence-corrected chi connectivity index (χ4v) is 2.79. The van der Waals surface area contributed by atoms with Crippen LogP contribution in [0.4, 0.5) is 4.79 Å². The molecule has 1 aliphatic rings. The molecule has 128 valence electrons. The summed E-state index contributed by atoms with van der Waals surface area (Å²) in [6.45, 7) is 0. The summed E-state index contributed by atoms with van der Waals surface area (Å²) in [4.78, 5) is 33.5. The SMILES string of the molecule is O=C1NC(=O)C(=Cc2cc(SOO[O-])cc(S(=O)(=O)[O-])c2)C(=O)N1.[Na+].[Na+]. The summed E-state index contributed by atoms with van der Waals surface area (Å²) in [6, 6.07) is 2.00. The number of amides is 4. The number of imide groups is 2. The third-order valence-electron chi connectivity index (χ3n) is 2.60. The number of carbonyl (C=O) groups excluding carboxylic acids is 3. The van der Waals surface area contributed by atoms with Gasteiger partial charge in [-0.3, -0.25) is 25.3 Å². The summed E-state index contributed by atoms with van der Waals surface area (Å²) in [5, 5.41) is 16.6. The second-order valence-electron chi connectivity index (χ2n) is 4.21. The fourth-order valence-electron chi connectivity index (χ4n) is 1.70. The molecule has 1 heterocycles. The van der Waals surface area contributed by atoms with Gasteiger partial charge in [0.15, 0.2) is 0 Å². The Kier molecular flexibility index (Phi) is 10.8. The fraction of sp³-hybridized carbons (Fsp3) is 0. The molecule has 0 spiro atoms. The van der Waals surface area contributed by atoms with Gasteiger partial charge < -0.3 is 9.81 Å².